The van der Waals surface area contributed by atoms with Crippen molar-refractivity contribution in [3.8, 4) is 23.1 Å². The minimum Gasteiger partial charge on any atom is -0.444 e. The van der Waals surface area contributed by atoms with Crippen LogP contribution in [0.25, 0.3) is 11.3 Å². The average Bonchev–Trinajstić information content (AvgIpc) is 3.71. The lowest BCUT2D eigenvalue weighted by Gasteiger charge is -2.27. The van der Waals surface area contributed by atoms with E-state index in [0.29, 0.717) is 18.8 Å². The average molecular weight is 573 g/mol. The molecule has 10 nitrogen and oxygen atoms in total. The summed E-state index contributed by atoms with van der Waals surface area (Å²) in [5.41, 5.74) is 2.32. The Balaban J connectivity index is 1.23. The van der Waals surface area contributed by atoms with Crippen LogP contribution in [0.3, 0.4) is 0 Å². The summed E-state index contributed by atoms with van der Waals surface area (Å²) in [6.45, 7) is 12.5. The monoisotopic (exact) mass is 572 g/mol. The van der Waals surface area contributed by atoms with Crippen LogP contribution in [0.4, 0.5) is 9.59 Å². The molecule has 2 aliphatic rings. The number of amides is 2. The predicted molar refractivity (Wildman–Crippen MR) is 158 cm³/mol. The first-order valence-electron chi connectivity index (χ1n) is 14.6. The molecule has 42 heavy (non-hydrogen) atoms. The maximum Gasteiger partial charge on any atom is 0.410 e. The highest BCUT2D eigenvalue weighted by Gasteiger charge is 2.36. The standard InChI is InChI=1S/C32H40N6O4/c1-31(2,3)41-29(39)37-17-7-9-25(37)27-33-19-23(35-27)16-13-21-11-14-22(15-12-21)24-20-34-28(36-24)26-10-8-18-38(26)30(40)42-32(4,5)6/h11-12,14-15,19-20,25-26H,7-10,17-18H2,1-6H3,(H,33,35)(H,34,36). The Kier molecular flexibility index (Phi) is 8.04. The van der Waals surface area contributed by atoms with Crippen LogP contribution in [0.15, 0.2) is 36.7 Å². The van der Waals surface area contributed by atoms with E-state index in [1.54, 1.807) is 22.2 Å². The number of aromatic nitrogens is 4. The molecule has 5 rings (SSSR count). The summed E-state index contributed by atoms with van der Waals surface area (Å²) in [6, 6.07) is 7.65. The van der Waals surface area contributed by atoms with Gasteiger partial charge in [0.15, 0.2) is 0 Å². The van der Waals surface area contributed by atoms with Crippen molar-refractivity contribution >= 4 is 12.2 Å². The van der Waals surface area contributed by atoms with Crippen LogP contribution in [0.1, 0.15) is 102 Å². The predicted octanol–water partition coefficient (Wildman–Crippen LogP) is 6.34. The van der Waals surface area contributed by atoms with Gasteiger partial charge in [-0.2, -0.15) is 0 Å². The van der Waals surface area contributed by atoms with E-state index < -0.39 is 11.2 Å². The lowest BCUT2D eigenvalue weighted by molar-refractivity contribution is 0.0208. The number of aromatic amines is 2. The van der Waals surface area contributed by atoms with Gasteiger partial charge in [-0.25, -0.2) is 19.6 Å². The van der Waals surface area contributed by atoms with Crippen molar-refractivity contribution in [1.82, 2.24) is 29.7 Å². The fraction of sp³-hybridized carbons (Fsp3) is 0.500. The second kappa shape index (κ2) is 11.6. The lowest BCUT2D eigenvalue weighted by Crippen LogP contribution is -2.36. The molecule has 0 saturated carbocycles. The number of hydrogen-bond acceptors (Lipinski definition) is 6. The van der Waals surface area contributed by atoms with Gasteiger partial charge in [-0.05, 0) is 90.8 Å². The zero-order chi connectivity index (χ0) is 30.1. The number of nitrogens with zero attached hydrogens (tertiary/aromatic N) is 4. The molecule has 2 aliphatic heterocycles. The lowest BCUT2D eigenvalue weighted by atomic mass is 10.1. The summed E-state index contributed by atoms with van der Waals surface area (Å²) >= 11 is 0. The molecule has 2 saturated heterocycles. The van der Waals surface area contributed by atoms with E-state index in [1.165, 1.54) is 0 Å². The Hall–Kier alpha value is -4.26. The molecule has 10 heteroatoms. The third-order valence-electron chi connectivity index (χ3n) is 7.12. The molecule has 2 N–H and O–H groups in total. The Morgan fingerprint density at radius 1 is 0.786 bits per heavy atom. The first-order valence-corrected chi connectivity index (χ1v) is 14.6. The van der Waals surface area contributed by atoms with E-state index in [9.17, 15) is 9.59 Å². The number of likely N-dealkylation sites (tertiary alicyclic amines) is 2. The molecule has 2 amide bonds. The Labute approximate surface area is 247 Å². The van der Waals surface area contributed by atoms with Crippen molar-refractivity contribution in [3.63, 3.8) is 0 Å². The van der Waals surface area contributed by atoms with E-state index in [4.69, 9.17) is 9.47 Å². The van der Waals surface area contributed by atoms with Crippen LogP contribution >= 0.6 is 0 Å². The molecule has 2 unspecified atom stereocenters. The highest BCUT2D eigenvalue weighted by Crippen LogP contribution is 2.33. The highest BCUT2D eigenvalue weighted by atomic mass is 16.6. The van der Waals surface area contributed by atoms with E-state index in [2.05, 4.69) is 31.8 Å². The first kappa shape index (κ1) is 29.2. The molecular formula is C32H40N6O4. The van der Waals surface area contributed by atoms with Gasteiger partial charge in [0.25, 0.3) is 0 Å². The molecule has 2 atom stereocenters. The minimum absolute atomic E-state index is 0.126. The SMILES string of the molecule is CC(C)(C)OC(=O)N1CCCC1c1ncc(C#Cc2ccc(-c3cnc(C4CCCN4C(=O)OC(C)(C)C)[nH]3)cc2)[nH]1. The zero-order valence-corrected chi connectivity index (χ0v) is 25.3. The molecule has 4 heterocycles. The fourth-order valence-electron chi connectivity index (χ4n) is 5.27. The molecule has 3 aromatic rings. The Bertz CT molecular complexity index is 1480. The molecule has 0 spiro atoms. The molecule has 0 radical (unpaired) electrons. The smallest absolute Gasteiger partial charge is 0.410 e. The summed E-state index contributed by atoms with van der Waals surface area (Å²) in [5.74, 6) is 7.82. The number of H-pyrrole nitrogens is 2. The number of hydrogen-bond donors (Lipinski definition) is 2. The van der Waals surface area contributed by atoms with Crippen LogP contribution in [0, 0.1) is 11.8 Å². The van der Waals surface area contributed by atoms with Crippen LogP contribution in [0.5, 0.6) is 0 Å². The van der Waals surface area contributed by atoms with Gasteiger partial charge in [-0.1, -0.05) is 18.1 Å². The van der Waals surface area contributed by atoms with Crippen molar-refractivity contribution in [2.75, 3.05) is 13.1 Å². The number of carbonyl (C=O) groups excluding carboxylic acids is 2. The van der Waals surface area contributed by atoms with Gasteiger partial charge >= 0.3 is 12.2 Å². The normalized spacial score (nSPS) is 19.0. The van der Waals surface area contributed by atoms with Crippen LogP contribution in [-0.2, 0) is 9.47 Å². The van der Waals surface area contributed by atoms with Crippen molar-refractivity contribution in [3.05, 3.63) is 59.6 Å². The number of carbonyl (C=O) groups is 2. The van der Waals surface area contributed by atoms with E-state index in [0.717, 1.165) is 54.2 Å². The van der Waals surface area contributed by atoms with Crippen LogP contribution in [-0.4, -0.2) is 66.2 Å². The summed E-state index contributed by atoms with van der Waals surface area (Å²) in [7, 11) is 0. The third-order valence-corrected chi connectivity index (χ3v) is 7.12. The van der Waals surface area contributed by atoms with Crippen molar-refractivity contribution < 1.29 is 19.1 Å². The van der Waals surface area contributed by atoms with E-state index in [-0.39, 0.29) is 24.3 Å². The Morgan fingerprint density at radius 3 is 1.86 bits per heavy atom. The second-order valence-electron chi connectivity index (χ2n) is 12.9. The van der Waals surface area contributed by atoms with Gasteiger partial charge in [0, 0.05) is 18.7 Å². The molecule has 2 aromatic heterocycles. The third kappa shape index (κ3) is 6.96. The molecule has 1 aromatic carbocycles. The first-order chi connectivity index (χ1) is 19.9. The molecular weight excluding hydrogens is 532 g/mol. The molecule has 222 valence electrons. The number of benzene rings is 1. The van der Waals surface area contributed by atoms with Gasteiger partial charge in [-0.3, -0.25) is 9.80 Å². The summed E-state index contributed by atoms with van der Waals surface area (Å²) < 4.78 is 11.2. The number of ether oxygens (including phenoxy) is 2. The Morgan fingerprint density at radius 2 is 1.31 bits per heavy atom. The molecule has 2 fully saturated rings. The minimum atomic E-state index is -0.543. The highest BCUT2D eigenvalue weighted by molar-refractivity contribution is 5.70. The van der Waals surface area contributed by atoms with Gasteiger partial charge in [0.05, 0.1) is 30.2 Å². The topological polar surface area (TPSA) is 116 Å². The number of imidazole rings is 2. The van der Waals surface area contributed by atoms with Gasteiger partial charge in [0.1, 0.15) is 28.5 Å². The maximum atomic E-state index is 12.7. The van der Waals surface area contributed by atoms with E-state index in [1.807, 2.05) is 65.8 Å². The summed E-state index contributed by atoms with van der Waals surface area (Å²) in [5, 5.41) is 0. The van der Waals surface area contributed by atoms with E-state index >= 15 is 0 Å². The fourth-order valence-corrected chi connectivity index (χ4v) is 5.27. The van der Waals surface area contributed by atoms with Crippen LogP contribution < -0.4 is 0 Å². The van der Waals surface area contributed by atoms with Crippen LogP contribution in [0.2, 0.25) is 0 Å². The molecule has 0 aliphatic carbocycles. The quantitative estimate of drug-likeness (QED) is 0.354. The largest absolute Gasteiger partial charge is 0.444 e. The number of rotatable bonds is 3. The number of nitrogens with one attached hydrogen (secondary N) is 2. The van der Waals surface area contributed by atoms with Crippen molar-refractivity contribution in [2.24, 2.45) is 0 Å². The molecule has 0 bridgehead atoms. The van der Waals surface area contributed by atoms with Gasteiger partial charge < -0.3 is 19.4 Å². The summed E-state index contributed by atoms with van der Waals surface area (Å²) in [6.07, 6.45) is 6.37. The van der Waals surface area contributed by atoms with Gasteiger partial charge in [-0.15, -0.1) is 0 Å². The maximum absolute atomic E-state index is 12.7. The van der Waals surface area contributed by atoms with Crippen molar-refractivity contribution in [2.45, 2.75) is 90.5 Å². The van der Waals surface area contributed by atoms with Crippen molar-refractivity contribution in [1.29, 1.82) is 0 Å². The van der Waals surface area contributed by atoms with Gasteiger partial charge in [0.2, 0.25) is 0 Å². The summed E-state index contributed by atoms with van der Waals surface area (Å²) in [4.78, 5) is 44.6. The second-order valence-corrected chi connectivity index (χ2v) is 12.9. The zero-order valence-electron chi connectivity index (χ0n) is 25.3.